The van der Waals surface area contributed by atoms with Crippen molar-refractivity contribution in [3.63, 3.8) is 0 Å². The van der Waals surface area contributed by atoms with Gasteiger partial charge in [-0.3, -0.25) is 4.79 Å². The molecule has 0 fully saturated rings. The highest BCUT2D eigenvalue weighted by atomic mass is 35.5. The summed E-state index contributed by atoms with van der Waals surface area (Å²) >= 11 is 6.53. The lowest BCUT2D eigenvalue weighted by molar-refractivity contribution is 1.25. The van der Waals surface area contributed by atoms with Crippen LogP contribution in [0.3, 0.4) is 0 Å². The molecule has 0 bridgehead atoms. The van der Waals surface area contributed by atoms with Crippen LogP contribution >= 0.6 is 11.6 Å². The number of H-pyrrole nitrogens is 2. The fourth-order valence-corrected chi connectivity index (χ4v) is 3.83. The van der Waals surface area contributed by atoms with Crippen molar-refractivity contribution in [3.05, 3.63) is 87.7 Å². The molecule has 5 rings (SSSR count). The summed E-state index contributed by atoms with van der Waals surface area (Å²) < 4.78 is 0. The van der Waals surface area contributed by atoms with E-state index in [0.717, 1.165) is 33.1 Å². The van der Waals surface area contributed by atoms with E-state index >= 15 is 0 Å². The van der Waals surface area contributed by atoms with E-state index in [1.807, 2.05) is 60.7 Å². The molecule has 0 amide bonds. The van der Waals surface area contributed by atoms with Crippen LogP contribution in [-0.2, 0) is 0 Å². The molecule has 0 aliphatic carbocycles. The quantitative estimate of drug-likeness (QED) is 0.409. The zero-order valence-corrected chi connectivity index (χ0v) is 15.8. The van der Waals surface area contributed by atoms with Crippen molar-refractivity contribution in [2.75, 3.05) is 0 Å². The van der Waals surface area contributed by atoms with Crippen molar-refractivity contribution in [2.24, 2.45) is 0 Å². The third kappa shape index (κ3) is 2.70. The summed E-state index contributed by atoms with van der Waals surface area (Å²) in [6, 6.07) is 21.5. The molecular weight excluding hydrogens is 370 g/mol. The van der Waals surface area contributed by atoms with Gasteiger partial charge in [0.25, 0.3) is 5.56 Å². The fraction of sp³-hybridized carbons (Fsp3) is 0.0435. The minimum absolute atomic E-state index is 0.203. The average Bonchev–Trinajstić information content (AvgIpc) is 3.12. The molecule has 0 saturated carbocycles. The first-order chi connectivity index (χ1) is 13.6. The van der Waals surface area contributed by atoms with Gasteiger partial charge < -0.3 is 9.97 Å². The molecule has 4 nitrogen and oxygen atoms in total. The average molecular weight is 386 g/mol. The molecule has 0 atom stereocenters. The maximum atomic E-state index is 12.7. The molecule has 0 aliphatic rings. The molecule has 0 unspecified atom stereocenters. The van der Waals surface area contributed by atoms with Gasteiger partial charge in [-0.2, -0.15) is 0 Å². The second kappa shape index (κ2) is 6.36. The Morgan fingerprint density at radius 1 is 0.821 bits per heavy atom. The smallest absolute Gasteiger partial charge is 0.259 e. The predicted molar refractivity (Wildman–Crippen MR) is 115 cm³/mol. The standard InChI is InChI=1S/C23H16ClN3O/c1-13-6-2-3-7-15(13)16-10-14-11-17(23(28)27-21(14)12-18(16)24)22-25-19-8-4-5-9-20(19)26-22/h2-12H,1H3,(H,25,26)(H,27,28). The number of hydrogen-bond acceptors (Lipinski definition) is 2. The largest absolute Gasteiger partial charge is 0.338 e. The van der Waals surface area contributed by atoms with Crippen molar-refractivity contribution in [2.45, 2.75) is 6.92 Å². The van der Waals surface area contributed by atoms with Gasteiger partial charge >= 0.3 is 0 Å². The van der Waals surface area contributed by atoms with Crippen molar-refractivity contribution in [3.8, 4) is 22.5 Å². The first kappa shape index (κ1) is 16.8. The first-order valence-corrected chi connectivity index (χ1v) is 9.36. The summed E-state index contributed by atoms with van der Waals surface area (Å²) in [7, 11) is 0. The van der Waals surface area contributed by atoms with Gasteiger partial charge in [0, 0.05) is 11.1 Å². The Morgan fingerprint density at radius 3 is 2.39 bits per heavy atom. The van der Waals surface area contributed by atoms with E-state index in [0.29, 0.717) is 21.9 Å². The number of rotatable bonds is 2. The van der Waals surface area contributed by atoms with Gasteiger partial charge in [-0.25, -0.2) is 4.98 Å². The third-order valence-electron chi connectivity index (χ3n) is 5.01. The molecule has 136 valence electrons. The fourth-order valence-electron chi connectivity index (χ4n) is 3.57. The van der Waals surface area contributed by atoms with Crippen molar-refractivity contribution in [1.82, 2.24) is 15.0 Å². The molecular formula is C23H16ClN3O. The highest BCUT2D eigenvalue weighted by Crippen LogP contribution is 2.34. The molecule has 3 aromatic carbocycles. The topological polar surface area (TPSA) is 61.5 Å². The van der Waals surface area contributed by atoms with Crippen molar-refractivity contribution in [1.29, 1.82) is 0 Å². The molecule has 2 aromatic heterocycles. The van der Waals surface area contributed by atoms with E-state index in [-0.39, 0.29) is 5.56 Å². The molecule has 28 heavy (non-hydrogen) atoms. The molecule has 0 radical (unpaired) electrons. The number of pyridine rings is 1. The highest BCUT2D eigenvalue weighted by Gasteiger charge is 2.13. The normalized spacial score (nSPS) is 11.4. The monoisotopic (exact) mass is 385 g/mol. The number of nitrogens with zero attached hydrogens (tertiary/aromatic N) is 1. The van der Waals surface area contributed by atoms with Crippen LogP contribution < -0.4 is 5.56 Å². The minimum atomic E-state index is -0.203. The lowest BCUT2D eigenvalue weighted by Gasteiger charge is -2.10. The molecule has 2 N–H and O–H groups in total. The van der Waals surface area contributed by atoms with Gasteiger partial charge in [0.1, 0.15) is 5.82 Å². The summed E-state index contributed by atoms with van der Waals surface area (Å²) in [4.78, 5) is 23.4. The maximum absolute atomic E-state index is 12.7. The second-order valence-electron chi connectivity index (χ2n) is 6.85. The molecule has 2 heterocycles. The summed E-state index contributed by atoms with van der Waals surface area (Å²) in [5.41, 5.74) is 5.88. The Balaban J connectivity index is 1.74. The maximum Gasteiger partial charge on any atom is 0.259 e. The van der Waals surface area contributed by atoms with Crippen LogP contribution in [0.15, 0.2) is 71.5 Å². The zero-order chi connectivity index (χ0) is 19.3. The van der Waals surface area contributed by atoms with Gasteiger partial charge in [-0.05, 0) is 53.8 Å². The lowest BCUT2D eigenvalue weighted by atomic mass is 9.98. The van der Waals surface area contributed by atoms with E-state index in [4.69, 9.17) is 11.6 Å². The van der Waals surface area contributed by atoms with E-state index in [2.05, 4.69) is 27.9 Å². The van der Waals surface area contributed by atoms with Crippen molar-refractivity contribution >= 4 is 33.5 Å². The molecule has 5 heteroatoms. The van der Waals surface area contributed by atoms with Gasteiger partial charge in [0.15, 0.2) is 0 Å². The summed E-state index contributed by atoms with van der Waals surface area (Å²) in [5.74, 6) is 0.553. The minimum Gasteiger partial charge on any atom is -0.338 e. The number of aromatic nitrogens is 3. The van der Waals surface area contributed by atoms with Gasteiger partial charge in [-0.1, -0.05) is 48.0 Å². The molecule has 0 saturated heterocycles. The Bertz CT molecular complexity index is 1380. The van der Waals surface area contributed by atoms with E-state index < -0.39 is 0 Å². The van der Waals surface area contributed by atoms with Crippen LogP contribution in [0, 0.1) is 6.92 Å². The number of aromatic amines is 2. The number of hydrogen-bond donors (Lipinski definition) is 2. The van der Waals surface area contributed by atoms with E-state index in [1.54, 1.807) is 0 Å². The van der Waals surface area contributed by atoms with Crippen LogP contribution in [-0.4, -0.2) is 15.0 Å². The Morgan fingerprint density at radius 2 is 1.57 bits per heavy atom. The van der Waals surface area contributed by atoms with E-state index in [9.17, 15) is 4.79 Å². The number of nitrogens with one attached hydrogen (secondary N) is 2. The molecule has 0 spiro atoms. The van der Waals surface area contributed by atoms with Crippen LogP contribution in [0.1, 0.15) is 5.56 Å². The Hall–Kier alpha value is -3.37. The zero-order valence-electron chi connectivity index (χ0n) is 15.1. The SMILES string of the molecule is Cc1ccccc1-c1cc2cc(-c3nc4ccccc4[nH]3)c(=O)[nH]c2cc1Cl. The highest BCUT2D eigenvalue weighted by molar-refractivity contribution is 6.34. The van der Waals surface area contributed by atoms with Crippen LogP contribution in [0.5, 0.6) is 0 Å². The first-order valence-electron chi connectivity index (χ1n) is 8.98. The molecule has 5 aromatic rings. The number of imidazole rings is 1. The van der Waals surface area contributed by atoms with Gasteiger partial charge in [-0.15, -0.1) is 0 Å². The van der Waals surface area contributed by atoms with Crippen molar-refractivity contribution < 1.29 is 0 Å². The number of benzene rings is 3. The second-order valence-corrected chi connectivity index (χ2v) is 7.26. The molecule has 0 aliphatic heterocycles. The number of para-hydroxylation sites is 2. The predicted octanol–water partition coefficient (Wildman–Crippen LogP) is 5.70. The number of aryl methyl sites for hydroxylation is 1. The van der Waals surface area contributed by atoms with Gasteiger partial charge in [0.05, 0.1) is 21.6 Å². The number of halogens is 1. The van der Waals surface area contributed by atoms with Crippen LogP contribution in [0.4, 0.5) is 0 Å². The van der Waals surface area contributed by atoms with Crippen LogP contribution in [0.2, 0.25) is 5.02 Å². The number of fused-ring (bicyclic) bond motifs is 2. The summed E-state index contributed by atoms with van der Waals surface area (Å²) in [6.07, 6.45) is 0. The van der Waals surface area contributed by atoms with E-state index in [1.165, 1.54) is 0 Å². The summed E-state index contributed by atoms with van der Waals surface area (Å²) in [5, 5.41) is 1.51. The van der Waals surface area contributed by atoms with Crippen LogP contribution in [0.25, 0.3) is 44.5 Å². The van der Waals surface area contributed by atoms with Gasteiger partial charge in [0.2, 0.25) is 0 Å². The Labute approximate surface area is 165 Å². The third-order valence-corrected chi connectivity index (χ3v) is 5.32. The lowest BCUT2D eigenvalue weighted by Crippen LogP contribution is -2.09. The Kier molecular flexibility index (Phi) is 3.81. The summed E-state index contributed by atoms with van der Waals surface area (Å²) in [6.45, 7) is 2.06.